The summed E-state index contributed by atoms with van der Waals surface area (Å²) >= 11 is 0. The number of fused-ring (bicyclic) bond motifs is 1. The quantitative estimate of drug-likeness (QED) is 0.465. The van der Waals surface area contributed by atoms with Gasteiger partial charge >= 0.3 is 0 Å². The summed E-state index contributed by atoms with van der Waals surface area (Å²) in [5.74, 6) is -0.0248. The maximum atomic E-state index is 13.7. The lowest BCUT2D eigenvalue weighted by Crippen LogP contribution is -2.52. The number of hydrogen-bond acceptors (Lipinski definition) is 6. The fraction of sp³-hybridized carbons (Fsp3) is 0.345. The minimum Gasteiger partial charge on any atom is -0.483 e. The summed E-state index contributed by atoms with van der Waals surface area (Å²) in [7, 11) is 1.49. The van der Waals surface area contributed by atoms with Gasteiger partial charge in [-0.2, -0.15) is 0 Å². The van der Waals surface area contributed by atoms with Crippen LogP contribution in [0.5, 0.6) is 0 Å². The lowest BCUT2D eigenvalue weighted by molar-refractivity contribution is -0.136. The van der Waals surface area contributed by atoms with E-state index in [-0.39, 0.29) is 24.5 Å². The van der Waals surface area contributed by atoms with Gasteiger partial charge < -0.3 is 25.2 Å². The highest BCUT2D eigenvalue weighted by atomic mass is 16.5. The summed E-state index contributed by atoms with van der Waals surface area (Å²) < 4.78 is 5.07. The molecule has 0 radical (unpaired) electrons. The predicted molar refractivity (Wildman–Crippen MR) is 138 cm³/mol. The number of aliphatic hydroxyl groups is 2. The number of nitrogens with one attached hydrogen (secondary N) is 1. The number of methoxy groups -OCH3 is 1. The standard InChI is InChI=1S/C29H31N3O4/c1-18(36-2)30-17-29(35)23-11-3-4-12-24(23)32(28(29)34)20-13-15-31(16-14-20)26-21-9-5-7-19-8-6-10-22(25(19)21)27(26)33/h3-12,20,26-27,30,33,35H,1,13-17H2,2H3/t26?,27-,29?/m1/s1. The number of likely N-dealkylation sites (tertiary alicyclic amines) is 1. The average molecular weight is 486 g/mol. The van der Waals surface area contributed by atoms with Crippen LogP contribution in [0.2, 0.25) is 0 Å². The zero-order chi connectivity index (χ0) is 25.0. The normalized spacial score (nSPS) is 25.9. The minimum atomic E-state index is -1.69. The fourth-order valence-electron chi connectivity index (χ4n) is 6.34. The Morgan fingerprint density at radius 1 is 1.08 bits per heavy atom. The molecule has 7 heteroatoms. The van der Waals surface area contributed by atoms with Crippen molar-refractivity contribution in [1.29, 1.82) is 0 Å². The molecule has 2 unspecified atom stereocenters. The fourth-order valence-corrected chi connectivity index (χ4v) is 6.34. The zero-order valence-corrected chi connectivity index (χ0v) is 20.4. The summed E-state index contributed by atoms with van der Waals surface area (Å²) in [5.41, 5.74) is 1.84. The Hall–Kier alpha value is -3.39. The van der Waals surface area contributed by atoms with Crippen molar-refractivity contribution in [3.8, 4) is 0 Å². The Labute approximate surface area is 210 Å². The third-order valence-electron chi connectivity index (χ3n) is 8.13. The van der Waals surface area contributed by atoms with Crippen molar-refractivity contribution in [2.75, 3.05) is 31.6 Å². The van der Waals surface area contributed by atoms with Crippen LogP contribution < -0.4 is 10.2 Å². The molecule has 0 spiro atoms. The van der Waals surface area contributed by atoms with Gasteiger partial charge in [-0.05, 0) is 47.4 Å². The SMILES string of the molecule is C=C(NCC1(O)C(=O)N(C2CCN(C3c4cccc5cccc(c45)[C@H]3O)CC2)c2ccccc21)OC. The molecule has 1 amide bonds. The molecule has 0 aromatic heterocycles. The molecule has 1 aliphatic carbocycles. The van der Waals surface area contributed by atoms with Crippen molar-refractivity contribution in [1.82, 2.24) is 10.2 Å². The Kier molecular flexibility index (Phi) is 5.52. The molecule has 3 aliphatic rings. The van der Waals surface area contributed by atoms with Crippen LogP contribution in [0.15, 0.2) is 73.1 Å². The molecule has 1 saturated heterocycles. The smallest absolute Gasteiger partial charge is 0.265 e. The van der Waals surface area contributed by atoms with Gasteiger partial charge in [-0.15, -0.1) is 0 Å². The maximum absolute atomic E-state index is 13.7. The van der Waals surface area contributed by atoms with E-state index >= 15 is 0 Å². The number of rotatable bonds is 6. The summed E-state index contributed by atoms with van der Waals surface area (Å²) in [6.45, 7) is 5.23. The molecule has 2 aliphatic heterocycles. The van der Waals surface area contributed by atoms with Gasteiger partial charge in [0.25, 0.3) is 5.91 Å². The minimum absolute atomic E-state index is 0.0125. The highest BCUT2D eigenvalue weighted by Gasteiger charge is 2.52. The number of aliphatic hydroxyl groups excluding tert-OH is 1. The van der Waals surface area contributed by atoms with Gasteiger partial charge in [0.1, 0.15) is 0 Å². The highest BCUT2D eigenvalue weighted by molar-refractivity contribution is 6.07. The van der Waals surface area contributed by atoms with Crippen molar-refractivity contribution < 1.29 is 19.7 Å². The molecule has 1 fully saturated rings. The Bertz CT molecular complexity index is 1340. The van der Waals surface area contributed by atoms with Crippen LogP contribution >= 0.6 is 0 Å². The van der Waals surface area contributed by atoms with Crippen molar-refractivity contribution in [3.05, 3.63) is 89.8 Å². The second-order valence-electron chi connectivity index (χ2n) is 9.98. The van der Waals surface area contributed by atoms with E-state index in [0.717, 1.165) is 42.6 Å². The van der Waals surface area contributed by atoms with E-state index < -0.39 is 11.7 Å². The van der Waals surface area contributed by atoms with Gasteiger partial charge in [0.05, 0.1) is 31.5 Å². The van der Waals surface area contributed by atoms with Crippen molar-refractivity contribution in [2.24, 2.45) is 0 Å². The van der Waals surface area contributed by atoms with E-state index in [2.05, 4.69) is 41.1 Å². The van der Waals surface area contributed by atoms with Crippen LogP contribution in [-0.4, -0.2) is 53.8 Å². The number of nitrogens with zero attached hydrogens (tertiary/aromatic N) is 2. The molecule has 0 saturated carbocycles. The van der Waals surface area contributed by atoms with Gasteiger partial charge in [-0.25, -0.2) is 0 Å². The van der Waals surface area contributed by atoms with Crippen LogP contribution in [0.1, 0.15) is 41.7 Å². The van der Waals surface area contributed by atoms with Gasteiger partial charge in [-0.3, -0.25) is 9.69 Å². The molecule has 6 rings (SSSR count). The number of anilines is 1. The topological polar surface area (TPSA) is 85.3 Å². The second-order valence-corrected chi connectivity index (χ2v) is 9.98. The number of carbonyl (C=O) groups excluding carboxylic acids is 1. The number of amides is 1. The van der Waals surface area contributed by atoms with E-state index in [4.69, 9.17) is 4.74 Å². The highest BCUT2D eigenvalue weighted by Crippen LogP contribution is 2.48. The lowest BCUT2D eigenvalue weighted by atomic mass is 9.95. The molecule has 36 heavy (non-hydrogen) atoms. The largest absolute Gasteiger partial charge is 0.483 e. The molecule has 0 bridgehead atoms. The van der Waals surface area contributed by atoms with Crippen LogP contribution in [0.25, 0.3) is 10.8 Å². The molecule has 3 aromatic rings. The van der Waals surface area contributed by atoms with Crippen LogP contribution in [0.4, 0.5) is 5.69 Å². The Balaban J connectivity index is 1.23. The maximum Gasteiger partial charge on any atom is 0.265 e. The van der Waals surface area contributed by atoms with Crippen LogP contribution in [0, 0.1) is 0 Å². The predicted octanol–water partition coefficient (Wildman–Crippen LogP) is 3.33. The molecule has 2 heterocycles. The first-order valence-corrected chi connectivity index (χ1v) is 12.5. The number of ether oxygens (including phenoxy) is 1. The summed E-state index contributed by atoms with van der Waals surface area (Å²) in [4.78, 5) is 17.8. The Morgan fingerprint density at radius 2 is 1.78 bits per heavy atom. The number of para-hydroxylation sites is 1. The van der Waals surface area contributed by atoms with E-state index in [0.29, 0.717) is 11.4 Å². The number of benzene rings is 3. The first-order valence-electron chi connectivity index (χ1n) is 12.5. The number of hydrogen-bond donors (Lipinski definition) is 3. The third-order valence-corrected chi connectivity index (χ3v) is 8.13. The van der Waals surface area contributed by atoms with Gasteiger partial charge in [-0.1, -0.05) is 54.6 Å². The van der Waals surface area contributed by atoms with Gasteiger partial charge in [0.15, 0.2) is 11.5 Å². The number of carbonyl (C=O) groups is 1. The van der Waals surface area contributed by atoms with Crippen LogP contribution in [0.3, 0.4) is 0 Å². The molecule has 3 N–H and O–H groups in total. The lowest BCUT2D eigenvalue weighted by Gasteiger charge is -2.41. The van der Waals surface area contributed by atoms with E-state index in [9.17, 15) is 15.0 Å². The Morgan fingerprint density at radius 3 is 2.50 bits per heavy atom. The van der Waals surface area contributed by atoms with Crippen LogP contribution in [-0.2, 0) is 15.1 Å². The molecule has 3 atom stereocenters. The molecular weight excluding hydrogens is 454 g/mol. The average Bonchev–Trinajstić information content (AvgIpc) is 3.32. The molecule has 7 nitrogen and oxygen atoms in total. The van der Waals surface area contributed by atoms with E-state index in [1.807, 2.05) is 36.4 Å². The summed E-state index contributed by atoms with van der Waals surface area (Å²) in [5, 5.41) is 28.0. The molecule has 186 valence electrons. The van der Waals surface area contributed by atoms with Gasteiger partial charge in [0.2, 0.25) is 0 Å². The van der Waals surface area contributed by atoms with Crippen molar-refractivity contribution in [2.45, 2.75) is 36.6 Å². The van der Waals surface area contributed by atoms with Crippen molar-refractivity contribution >= 4 is 22.4 Å². The summed E-state index contributed by atoms with van der Waals surface area (Å²) in [6, 6.07) is 19.7. The summed E-state index contributed by atoms with van der Waals surface area (Å²) in [6.07, 6.45) is 0.940. The zero-order valence-electron chi connectivity index (χ0n) is 20.4. The van der Waals surface area contributed by atoms with Crippen molar-refractivity contribution in [3.63, 3.8) is 0 Å². The monoisotopic (exact) mass is 485 g/mol. The number of piperidine rings is 1. The molecular formula is C29H31N3O4. The first-order chi connectivity index (χ1) is 17.4. The molecule has 3 aromatic carbocycles. The van der Waals surface area contributed by atoms with Gasteiger partial charge in [0, 0.05) is 24.7 Å². The van der Waals surface area contributed by atoms with E-state index in [1.54, 1.807) is 4.90 Å². The second kappa shape index (κ2) is 8.62. The third kappa shape index (κ3) is 3.34. The first kappa shape index (κ1) is 23.0. The van der Waals surface area contributed by atoms with E-state index in [1.165, 1.54) is 18.1 Å².